The monoisotopic (exact) mass is 388 g/mol. The van der Waals surface area contributed by atoms with E-state index >= 15 is 0 Å². The van der Waals surface area contributed by atoms with Crippen molar-refractivity contribution in [2.45, 2.75) is 31.3 Å². The molecule has 0 aliphatic heterocycles. The molecule has 1 rings (SSSR count). The van der Waals surface area contributed by atoms with E-state index in [1.165, 1.54) is 12.1 Å². The minimum absolute atomic E-state index is 0.585. The summed E-state index contributed by atoms with van der Waals surface area (Å²) in [6.07, 6.45) is 0. The average Bonchev–Trinajstić information content (AvgIpc) is 2.52. The fourth-order valence-corrected chi connectivity index (χ4v) is 3.10. The molecule has 0 amide bonds. The third kappa shape index (κ3) is 5.77. The maximum absolute atomic E-state index is 12.4. The zero-order chi connectivity index (χ0) is 20.1. The topological polar surface area (TPSA) is 142 Å². The highest BCUT2D eigenvalue weighted by Gasteiger charge is 2.34. The van der Waals surface area contributed by atoms with Crippen molar-refractivity contribution in [1.82, 2.24) is 4.72 Å². The Bertz CT molecular complexity index is 798. The van der Waals surface area contributed by atoms with Crippen molar-refractivity contribution in [3.8, 4) is 0 Å². The van der Waals surface area contributed by atoms with Crippen LogP contribution in [0.5, 0.6) is 0 Å². The second-order valence-corrected chi connectivity index (χ2v) is 7.92. The summed E-state index contributed by atoms with van der Waals surface area (Å²) in [6, 6.07) is 4.70. The fraction of sp³-hybridized carbons (Fsp3) is 0.467. The Labute approximate surface area is 150 Å². The molecule has 1 atom stereocenters. The van der Waals surface area contributed by atoms with Crippen LogP contribution in [0, 0.1) is 16.0 Å². The number of sulfonamides is 1. The maximum atomic E-state index is 12.4. The second-order valence-electron chi connectivity index (χ2n) is 6.19. The van der Waals surface area contributed by atoms with Crippen molar-refractivity contribution in [3.63, 3.8) is 0 Å². The number of nitro groups is 1. The Kier molecular flexibility index (Phi) is 6.81. The standard InChI is InChI=1S/C15H20N2O8S/c1-15(2,3)25-14(19)10(13(18)24-4)9-16-26(22,23)12-8-6-5-7-11(12)17(20)21/h5-8,10,16H,9H2,1-4H3/t10-/m0/s1. The first kappa shape index (κ1) is 21.5. The number of ether oxygens (including phenoxy) is 2. The van der Waals surface area contributed by atoms with Crippen LogP contribution >= 0.6 is 0 Å². The van der Waals surface area contributed by atoms with Gasteiger partial charge in [-0.2, -0.15) is 0 Å². The molecule has 1 N–H and O–H groups in total. The fourth-order valence-electron chi connectivity index (χ4n) is 1.88. The third-order valence-corrected chi connectivity index (χ3v) is 4.48. The van der Waals surface area contributed by atoms with Crippen LogP contribution in [0.25, 0.3) is 0 Å². The van der Waals surface area contributed by atoms with Gasteiger partial charge in [0, 0.05) is 12.6 Å². The van der Waals surface area contributed by atoms with Gasteiger partial charge >= 0.3 is 11.9 Å². The summed E-state index contributed by atoms with van der Waals surface area (Å²) in [5, 5.41) is 11.0. The molecular formula is C15H20N2O8S. The lowest BCUT2D eigenvalue weighted by Crippen LogP contribution is -2.41. The number of hydrogen-bond acceptors (Lipinski definition) is 8. The number of para-hydroxylation sites is 1. The Morgan fingerprint density at radius 1 is 1.23 bits per heavy atom. The smallest absolute Gasteiger partial charge is 0.322 e. The molecule has 0 aromatic heterocycles. The molecule has 0 heterocycles. The molecule has 0 unspecified atom stereocenters. The minimum Gasteiger partial charge on any atom is -0.468 e. The number of carbonyl (C=O) groups is 2. The van der Waals surface area contributed by atoms with Crippen molar-refractivity contribution in [2.75, 3.05) is 13.7 Å². The molecule has 11 heteroatoms. The van der Waals surface area contributed by atoms with Crippen LogP contribution in [0.3, 0.4) is 0 Å². The first-order valence-corrected chi connectivity index (χ1v) is 8.91. The van der Waals surface area contributed by atoms with E-state index in [0.717, 1.165) is 19.2 Å². The zero-order valence-corrected chi connectivity index (χ0v) is 15.5. The van der Waals surface area contributed by atoms with Crippen LogP contribution in [0.2, 0.25) is 0 Å². The predicted octanol–water partition coefficient (Wildman–Crippen LogP) is 1.00. The van der Waals surface area contributed by atoms with E-state index in [0.29, 0.717) is 0 Å². The minimum atomic E-state index is -4.36. The number of nitro benzene ring substituents is 1. The SMILES string of the molecule is COC(=O)[C@H](CNS(=O)(=O)c1ccccc1[N+](=O)[O-])C(=O)OC(C)(C)C. The summed E-state index contributed by atoms with van der Waals surface area (Å²) in [6.45, 7) is 4.07. The molecule has 1 aromatic rings. The Balaban J connectivity index is 3.06. The van der Waals surface area contributed by atoms with Gasteiger partial charge in [0.2, 0.25) is 10.0 Å². The molecule has 0 spiro atoms. The number of hydrogen-bond donors (Lipinski definition) is 1. The lowest BCUT2D eigenvalue weighted by Gasteiger charge is -2.23. The zero-order valence-electron chi connectivity index (χ0n) is 14.7. The Morgan fingerprint density at radius 2 is 1.81 bits per heavy atom. The van der Waals surface area contributed by atoms with Gasteiger partial charge in [-0.1, -0.05) is 12.1 Å². The van der Waals surface area contributed by atoms with Gasteiger partial charge in [0.05, 0.1) is 12.0 Å². The van der Waals surface area contributed by atoms with Gasteiger partial charge in [0.25, 0.3) is 5.69 Å². The van der Waals surface area contributed by atoms with Crippen molar-refractivity contribution in [2.24, 2.45) is 5.92 Å². The van der Waals surface area contributed by atoms with Gasteiger partial charge in [0.15, 0.2) is 10.8 Å². The van der Waals surface area contributed by atoms with Gasteiger partial charge in [-0.3, -0.25) is 19.7 Å². The van der Waals surface area contributed by atoms with Crippen LogP contribution in [0.4, 0.5) is 5.69 Å². The molecule has 0 bridgehead atoms. The summed E-state index contributed by atoms with van der Waals surface area (Å²) < 4.78 is 36.3. The molecule has 144 valence electrons. The molecule has 1 aromatic carbocycles. The first-order valence-electron chi connectivity index (χ1n) is 7.43. The van der Waals surface area contributed by atoms with Gasteiger partial charge in [0.1, 0.15) is 5.60 Å². The van der Waals surface area contributed by atoms with Crippen LogP contribution in [-0.2, 0) is 29.1 Å². The normalized spacial score (nSPS) is 12.9. The van der Waals surface area contributed by atoms with Gasteiger partial charge in [-0.25, -0.2) is 13.1 Å². The molecule has 0 aliphatic rings. The van der Waals surface area contributed by atoms with Gasteiger partial charge in [-0.15, -0.1) is 0 Å². The largest absolute Gasteiger partial charge is 0.468 e. The van der Waals surface area contributed by atoms with Crippen LogP contribution in [0.15, 0.2) is 29.2 Å². The summed E-state index contributed by atoms with van der Waals surface area (Å²) in [7, 11) is -3.32. The van der Waals surface area contributed by atoms with Gasteiger partial charge < -0.3 is 9.47 Å². The van der Waals surface area contributed by atoms with E-state index in [-0.39, 0.29) is 0 Å². The molecule has 0 radical (unpaired) electrons. The number of methoxy groups -OCH3 is 1. The van der Waals surface area contributed by atoms with E-state index in [4.69, 9.17) is 4.74 Å². The lowest BCUT2D eigenvalue weighted by atomic mass is 10.1. The number of esters is 2. The van der Waals surface area contributed by atoms with E-state index < -0.39 is 55.5 Å². The molecule has 0 saturated heterocycles. The number of rotatable bonds is 7. The number of nitrogens with one attached hydrogen (secondary N) is 1. The van der Waals surface area contributed by atoms with Gasteiger partial charge in [-0.05, 0) is 26.8 Å². The summed E-state index contributed by atoms with van der Waals surface area (Å²) >= 11 is 0. The summed E-state index contributed by atoms with van der Waals surface area (Å²) in [5.74, 6) is -3.53. The van der Waals surface area contributed by atoms with Crippen molar-refractivity contribution in [1.29, 1.82) is 0 Å². The highest BCUT2D eigenvalue weighted by Crippen LogP contribution is 2.23. The second kappa shape index (κ2) is 8.23. The van der Waals surface area contributed by atoms with Crippen LogP contribution < -0.4 is 4.72 Å². The molecule has 0 aliphatic carbocycles. The van der Waals surface area contributed by atoms with Crippen molar-refractivity contribution in [3.05, 3.63) is 34.4 Å². The van der Waals surface area contributed by atoms with E-state index in [1.54, 1.807) is 20.8 Å². The molecule has 26 heavy (non-hydrogen) atoms. The third-order valence-electron chi connectivity index (χ3n) is 3.01. The predicted molar refractivity (Wildman–Crippen MR) is 89.6 cm³/mol. The Morgan fingerprint density at radius 3 is 2.31 bits per heavy atom. The van der Waals surface area contributed by atoms with E-state index in [1.807, 2.05) is 4.72 Å². The lowest BCUT2D eigenvalue weighted by molar-refractivity contribution is -0.387. The van der Waals surface area contributed by atoms with Crippen LogP contribution in [0.1, 0.15) is 20.8 Å². The molecule has 10 nitrogen and oxygen atoms in total. The van der Waals surface area contributed by atoms with Crippen LogP contribution in [-0.4, -0.2) is 44.5 Å². The average molecular weight is 388 g/mol. The summed E-state index contributed by atoms with van der Waals surface area (Å²) in [5.41, 5.74) is -1.53. The molecule has 0 fully saturated rings. The summed E-state index contributed by atoms with van der Waals surface area (Å²) in [4.78, 5) is 33.5. The highest BCUT2D eigenvalue weighted by atomic mass is 32.2. The number of carbonyl (C=O) groups excluding carboxylic acids is 2. The first-order chi connectivity index (χ1) is 11.9. The van der Waals surface area contributed by atoms with E-state index in [2.05, 4.69) is 4.74 Å². The Hall–Kier alpha value is -2.53. The number of benzene rings is 1. The number of nitrogens with zero attached hydrogens (tertiary/aromatic N) is 1. The maximum Gasteiger partial charge on any atom is 0.322 e. The van der Waals surface area contributed by atoms with Crippen molar-refractivity contribution >= 4 is 27.6 Å². The molecular weight excluding hydrogens is 368 g/mol. The molecule has 0 saturated carbocycles. The highest BCUT2D eigenvalue weighted by molar-refractivity contribution is 7.89. The van der Waals surface area contributed by atoms with E-state index in [9.17, 15) is 28.1 Å². The quantitative estimate of drug-likeness (QED) is 0.315. The van der Waals surface area contributed by atoms with Crippen molar-refractivity contribution < 1.29 is 32.4 Å².